The van der Waals surface area contributed by atoms with E-state index in [2.05, 4.69) is 32.2 Å². The number of hydrogen-bond acceptors (Lipinski definition) is 3. The van der Waals surface area contributed by atoms with Gasteiger partial charge in [-0.2, -0.15) is 25.3 Å². The summed E-state index contributed by atoms with van der Waals surface area (Å²) in [6.45, 7) is 2.12. The zero-order valence-corrected chi connectivity index (χ0v) is 10.5. The summed E-state index contributed by atoms with van der Waals surface area (Å²) in [5.74, 6) is 0. The van der Waals surface area contributed by atoms with E-state index in [0.717, 1.165) is 24.7 Å². The van der Waals surface area contributed by atoms with E-state index in [1.54, 1.807) is 0 Å². The van der Waals surface area contributed by atoms with Crippen LogP contribution in [-0.2, 0) is 0 Å². The lowest BCUT2D eigenvalue weighted by molar-refractivity contribution is 0.112. The second kappa shape index (κ2) is 6.23. The van der Waals surface area contributed by atoms with Crippen molar-refractivity contribution in [2.75, 3.05) is 0 Å². The fourth-order valence-electron chi connectivity index (χ4n) is 1.36. The lowest BCUT2D eigenvalue weighted by Crippen LogP contribution is -2.02. The maximum atomic E-state index is 10.5. The Balaban J connectivity index is 2.65. The molecule has 1 nitrogen and oxygen atoms in total. The molecular formula is C12H16OS2. The number of rotatable bonds is 5. The van der Waals surface area contributed by atoms with Crippen LogP contribution in [0.4, 0.5) is 0 Å². The highest BCUT2D eigenvalue weighted by molar-refractivity contribution is 7.81. The number of aldehydes is 1. The summed E-state index contributed by atoms with van der Waals surface area (Å²) in [5, 5.41) is 0.589. The van der Waals surface area contributed by atoms with Gasteiger partial charge in [0, 0.05) is 16.1 Å². The van der Waals surface area contributed by atoms with E-state index in [1.807, 2.05) is 24.3 Å². The molecule has 2 atom stereocenters. The molecule has 1 aromatic carbocycles. The van der Waals surface area contributed by atoms with Crippen molar-refractivity contribution in [1.82, 2.24) is 0 Å². The molecule has 0 aromatic heterocycles. The van der Waals surface area contributed by atoms with Gasteiger partial charge in [0.05, 0.1) is 0 Å². The van der Waals surface area contributed by atoms with Gasteiger partial charge in [-0.3, -0.25) is 4.79 Å². The SMILES string of the molecule is CCC(S)CC(S)c1ccc(C=O)cc1. The molecule has 0 amide bonds. The molecule has 0 radical (unpaired) electrons. The first-order valence-corrected chi connectivity index (χ1v) is 6.12. The van der Waals surface area contributed by atoms with Gasteiger partial charge in [-0.1, -0.05) is 31.2 Å². The molecule has 82 valence electrons. The fraction of sp³-hybridized carbons (Fsp3) is 0.417. The molecule has 0 saturated carbocycles. The Morgan fingerprint density at radius 2 is 1.87 bits per heavy atom. The normalized spacial score (nSPS) is 14.6. The van der Waals surface area contributed by atoms with Gasteiger partial charge in [0.1, 0.15) is 6.29 Å². The second-order valence-electron chi connectivity index (χ2n) is 3.60. The van der Waals surface area contributed by atoms with Crippen LogP contribution in [-0.4, -0.2) is 11.5 Å². The molecule has 15 heavy (non-hydrogen) atoms. The van der Waals surface area contributed by atoms with Crippen molar-refractivity contribution in [3.05, 3.63) is 35.4 Å². The first-order chi connectivity index (χ1) is 7.17. The van der Waals surface area contributed by atoms with E-state index < -0.39 is 0 Å². The molecule has 0 saturated heterocycles. The van der Waals surface area contributed by atoms with Gasteiger partial charge in [-0.25, -0.2) is 0 Å². The molecule has 0 spiro atoms. The number of thiol groups is 2. The van der Waals surface area contributed by atoms with Crippen LogP contribution in [0.15, 0.2) is 24.3 Å². The van der Waals surface area contributed by atoms with Crippen LogP contribution in [0.3, 0.4) is 0 Å². The number of benzene rings is 1. The van der Waals surface area contributed by atoms with E-state index >= 15 is 0 Å². The standard InChI is InChI=1S/C12H16OS2/c1-2-11(14)7-12(15)10-5-3-9(8-13)4-6-10/h3-6,8,11-12,14-15H,2,7H2,1H3. The molecule has 0 fully saturated rings. The van der Waals surface area contributed by atoms with Crippen molar-refractivity contribution >= 4 is 31.5 Å². The third-order valence-electron chi connectivity index (χ3n) is 2.42. The number of carbonyl (C=O) groups excluding carboxylic acids is 1. The Hall–Kier alpha value is -0.410. The molecule has 0 heterocycles. The largest absolute Gasteiger partial charge is 0.298 e. The minimum absolute atomic E-state index is 0.202. The smallest absolute Gasteiger partial charge is 0.150 e. The lowest BCUT2D eigenvalue weighted by Gasteiger charge is -2.14. The number of carbonyl (C=O) groups is 1. The highest BCUT2D eigenvalue weighted by atomic mass is 32.1. The summed E-state index contributed by atoms with van der Waals surface area (Å²) >= 11 is 8.99. The van der Waals surface area contributed by atoms with Crippen LogP contribution in [0.25, 0.3) is 0 Å². The maximum Gasteiger partial charge on any atom is 0.150 e. The van der Waals surface area contributed by atoms with Gasteiger partial charge >= 0.3 is 0 Å². The summed E-state index contributed by atoms with van der Waals surface area (Å²) in [4.78, 5) is 10.5. The van der Waals surface area contributed by atoms with E-state index in [9.17, 15) is 4.79 Å². The van der Waals surface area contributed by atoms with Crippen molar-refractivity contribution in [3.8, 4) is 0 Å². The molecule has 0 aliphatic rings. The summed E-state index contributed by atoms with van der Waals surface area (Å²) < 4.78 is 0. The van der Waals surface area contributed by atoms with E-state index in [0.29, 0.717) is 10.8 Å². The Morgan fingerprint density at radius 3 is 2.33 bits per heavy atom. The van der Waals surface area contributed by atoms with Gasteiger partial charge in [0.25, 0.3) is 0 Å². The molecule has 3 heteroatoms. The van der Waals surface area contributed by atoms with Gasteiger partial charge < -0.3 is 0 Å². The molecular weight excluding hydrogens is 224 g/mol. The zero-order valence-electron chi connectivity index (χ0n) is 8.76. The Labute approximate surface area is 102 Å². The first kappa shape index (κ1) is 12.7. The Kier molecular flexibility index (Phi) is 5.26. The third kappa shape index (κ3) is 3.92. The van der Waals surface area contributed by atoms with E-state index in [1.165, 1.54) is 0 Å². The highest BCUT2D eigenvalue weighted by Crippen LogP contribution is 2.27. The third-order valence-corrected chi connectivity index (χ3v) is 3.51. The van der Waals surface area contributed by atoms with Crippen LogP contribution in [0, 0.1) is 0 Å². The molecule has 1 rings (SSSR count). The average Bonchev–Trinajstić information content (AvgIpc) is 2.29. The fourth-order valence-corrected chi connectivity index (χ4v) is 2.16. The van der Waals surface area contributed by atoms with Gasteiger partial charge in [-0.15, -0.1) is 0 Å². The van der Waals surface area contributed by atoms with Crippen molar-refractivity contribution in [2.45, 2.75) is 30.3 Å². The lowest BCUT2D eigenvalue weighted by atomic mass is 10.0. The molecule has 1 aromatic rings. The predicted octanol–water partition coefficient (Wildman–Crippen LogP) is 3.57. The van der Waals surface area contributed by atoms with Crippen molar-refractivity contribution in [1.29, 1.82) is 0 Å². The molecule has 0 aliphatic heterocycles. The van der Waals surface area contributed by atoms with Crippen LogP contribution in [0.5, 0.6) is 0 Å². The highest BCUT2D eigenvalue weighted by Gasteiger charge is 2.10. The Bertz CT molecular complexity index is 308. The van der Waals surface area contributed by atoms with Gasteiger partial charge in [0.15, 0.2) is 0 Å². The number of hydrogen-bond donors (Lipinski definition) is 2. The van der Waals surface area contributed by atoms with Gasteiger partial charge in [-0.05, 0) is 18.4 Å². The monoisotopic (exact) mass is 240 g/mol. The van der Waals surface area contributed by atoms with E-state index in [4.69, 9.17) is 0 Å². The van der Waals surface area contributed by atoms with Crippen LogP contribution >= 0.6 is 25.3 Å². The van der Waals surface area contributed by atoms with Crippen molar-refractivity contribution < 1.29 is 4.79 Å². The predicted molar refractivity (Wildman–Crippen MR) is 71.2 cm³/mol. The van der Waals surface area contributed by atoms with Crippen LogP contribution < -0.4 is 0 Å². The van der Waals surface area contributed by atoms with Crippen LogP contribution in [0.2, 0.25) is 0 Å². The molecule has 2 unspecified atom stereocenters. The minimum Gasteiger partial charge on any atom is -0.298 e. The van der Waals surface area contributed by atoms with Crippen LogP contribution in [0.1, 0.15) is 40.9 Å². The molecule has 0 aliphatic carbocycles. The molecule has 0 N–H and O–H groups in total. The van der Waals surface area contributed by atoms with Crippen molar-refractivity contribution in [2.24, 2.45) is 0 Å². The van der Waals surface area contributed by atoms with Crippen molar-refractivity contribution in [3.63, 3.8) is 0 Å². The minimum atomic E-state index is 0.202. The van der Waals surface area contributed by atoms with E-state index in [-0.39, 0.29) is 5.25 Å². The maximum absolute atomic E-state index is 10.5. The quantitative estimate of drug-likeness (QED) is 0.594. The topological polar surface area (TPSA) is 17.1 Å². The van der Waals surface area contributed by atoms with Gasteiger partial charge in [0.2, 0.25) is 0 Å². The summed E-state index contributed by atoms with van der Waals surface area (Å²) in [5.41, 5.74) is 1.86. The second-order valence-corrected chi connectivity index (χ2v) is 4.95. The Morgan fingerprint density at radius 1 is 1.27 bits per heavy atom. The average molecular weight is 240 g/mol. The summed E-state index contributed by atoms with van der Waals surface area (Å²) in [6.07, 6.45) is 2.85. The molecule has 0 bridgehead atoms. The zero-order chi connectivity index (χ0) is 11.3. The summed E-state index contributed by atoms with van der Waals surface area (Å²) in [6, 6.07) is 7.56. The summed E-state index contributed by atoms with van der Waals surface area (Å²) in [7, 11) is 0. The first-order valence-electron chi connectivity index (χ1n) is 5.08.